The summed E-state index contributed by atoms with van der Waals surface area (Å²) in [5, 5.41) is 0. The van der Waals surface area contributed by atoms with Crippen molar-refractivity contribution in [3.05, 3.63) is 63.2 Å². The van der Waals surface area contributed by atoms with Crippen LogP contribution < -0.4 is 0 Å². The molecule has 180 valence electrons. The number of hydrogen-bond donors (Lipinski definition) is 0. The normalized spacial score (nSPS) is 12.1. The van der Waals surface area contributed by atoms with Gasteiger partial charge in [-0.2, -0.15) is 17.5 Å². The third kappa shape index (κ3) is 7.24. The first-order chi connectivity index (χ1) is 15.4. The second kappa shape index (κ2) is 11.4. The van der Waals surface area contributed by atoms with Gasteiger partial charge >= 0.3 is 6.18 Å². The van der Waals surface area contributed by atoms with E-state index in [1.165, 1.54) is 28.6 Å². The van der Waals surface area contributed by atoms with E-state index in [4.69, 9.17) is 0 Å². The van der Waals surface area contributed by atoms with Crippen molar-refractivity contribution in [2.75, 3.05) is 19.6 Å². The van der Waals surface area contributed by atoms with Crippen molar-refractivity contribution in [2.45, 2.75) is 37.8 Å². The first-order valence-electron chi connectivity index (χ1n) is 10.2. The van der Waals surface area contributed by atoms with E-state index in [9.17, 15) is 31.2 Å². The van der Waals surface area contributed by atoms with Gasteiger partial charge in [-0.3, -0.25) is 14.5 Å². The van der Waals surface area contributed by atoms with Gasteiger partial charge in [-0.25, -0.2) is 8.42 Å². The Labute approximate surface area is 204 Å². The Balaban J connectivity index is 2.37. The smallest absolute Gasteiger partial charge is 0.269 e. The Hall–Kier alpha value is -1.99. The highest BCUT2D eigenvalue weighted by Gasteiger charge is 2.37. The molecule has 2 amide bonds. The van der Waals surface area contributed by atoms with E-state index < -0.39 is 34.6 Å². The monoisotopic (exact) mass is 596 g/mol. The average molecular weight is 596 g/mol. The summed E-state index contributed by atoms with van der Waals surface area (Å²) in [5.74, 6) is -2.26. The number of carbonyl (C=O) groups is 2. The third-order valence-electron chi connectivity index (χ3n) is 4.60. The van der Waals surface area contributed by atoms with Gasteiger partial charge in [0.2, 0.25) is 10.0 Å². The number of nitrogens with zero attached hydrogens (tertiary/aromatic N) is 2. The van der Waals surface area contributed by atoms with Crippen molar-refractivity contribution in [3.63, 3.8) is 0 Å². The van der Waals surface area contributed by atoms with Crippen molar-refractivity contribution in [1.29, 1.82) is 0 Å². The maximum atomic E-state index is 13.1. The van der Waals surface area contributed by atoms with Crippen LogP contribution in [-0.4, -0.2) is 55.2 Å². The summed E-state index contributed by atoms with van der Waals surface area (Å²) < 4.78 is 67.3. The summed E-state index contributed by atoms with van der Waals surface area (Å²) in [5.41, 5.74) is -0.295. The van der Waals surface area contributed by atoms with E-state index in [1.54, 1.807) is 12.1 Å². The molecule has 0 N–H and O–H groups in total. The van der Waals surface area contributed by atoms with Crippen LogP contribution in [0.1, 0.15) is 47.4 Å². The van der Waals surface area contributed by atoms with Crippen molar-refractivity contribution < 1.29 is 31.2 Å². The van der Waals surface area contributed by atoms with E-state index >= 15 is 0 Å². The average Bonchev–Trinajstić information content (AvgIpc) is 2.76. The lowest BCUT2D eigenvalue weighted by Gasteiger charge is -2.23. The van der Waals surface area contributed by atoms with Gasteiger partial charge in [0.15, 0.2) is 0 Å². The molecule has 2 aromatic rings. The molecule has 2 rings (SSSR count). The minimum Gasteiger partial charge on any atom is -0.269 e. The van der Waals surface area contributed by atoms with Crippen LogP contribution in [0.5, 0.6) is 0 Å². The first kappa shape index (κ1) is 27.3. The van der Waals surface area contributed by atoms with E-state index in [1.807, 2.05) is 36.4 Å². The molecule has 0 atom stereocenters. The largest absolute Gasteiger partial charge is 0.406 e. The molecule has 0 aliphatic heterocycles. The SMILES string of the molecule is CCCN(CCC)S(=O)(=O)c1ccc(C(=O)N(CC(F)(F)F)C(=O)c2ccc(I)cc2)cc1. The van der Waals surface area contributed by atoms with Gasteiger partial charge in [-0.05, 0) is 84.0 Å². The van der Waals surface area contributed by atoms with Gasteiger partial charge in [0.05, 0.1) is 4.90 Å². The Morgan fingerprint density at radius 2 is 1.27 bits per heavy atom. The molecule has 0 radical (unpaired) electrons. The van der Waals surface area contributed by atoms with Crippen LogP contribution >= 0.6 is 22.6 Å². The molecule has 0 aromatic heterocycles. The quantitative estimate of drug-likeness (QED) is 0.304. The second-order valence-electron chi connectivity index (χ2n) is 7.25. The Morgan fingerprint density at radius 1 is 0.848 bits per heavy atom. The fourth-order valence-electron chi connectivity index (χ4n) is 3.09. The molecule has 0 bridgehead atoms. The van der Waals surface area contributed by atoms with Gasteiger partial charge in [0.1, 0.15) is 6.54 Å². The van der Waals surface area contributed by atoms with Crippen LogP contribution in [0.2, 0.25) is 0 Å². The van der Waals surface area contributed by atoms with Crippen molar-refractivity contribution in [2.24, 2.45) is 0 Å². The molecule has 2 aromatic carbocycles. The zero-order valence-electron chi connectivity index (χ0n) is 18.1. The summed E-state index contributed by atoms with van der Waals surface area (Å²) in [7, 11) is -3.82. The molecule has 0 heterocycles. The Bertz CT molecular complexity index is 1070. The number of benzene rings is 2. The topological polar surface area (TPSA) is 74.8 Å². The molecular formula is C22H24F3IN2O4S. The van der Waals surface area contributed by atoms with Gasteiger partial charge in [0.25, 0.3) is 11.8 Å². The van der Waals surface area contributed by atoms with E-state index in [-0.39, 0.29) is 20.9 Å². The van der Waals surface area contributed by atoms with Crippen LogP contribution in [0.4, 0.5) is 13.2 Å². The predicted molar refractivity (Wildman–Crippen MR) is 126 cm³/mol. The lowest BCUT2D eigenvalue weighted by Crippen LogP contribution is -2.43. The zero-order chi connectivity index (χ0) is 24.8. The van der Waals surface area contributed by atoms with Gasteiger partial charge in [-0.15, -0.1) is 0 Å². The van der Waals surface area contributed by atoms with Gasteiger partial charge < -0.3 is 0 Å². The molecule has 0 aliphatic rings. The molecule has 0 aliphatic carbocycles. The van der Waals surface area contributed by atoms with Crippen LogP contribution in [-0.2, 0) is 10.0 Å². The lowest BCUT2D eigenvalue weighted by molar-refractivity contribution is -0.136. The van der Waals surface area contributed by atoms with E-state index in [0.717, 1.165) is 15.7 Å². The summed E-state index contributed by atoms with van der Waals surface area (Å²) in [6.45, 7) is 2.57. The number of amides is 2. The minimum absolute atomic E-state index is 0.0676. The Morgan fingerprint density at radius 3 is 1.67 bits per heavy atom. The van der Waals surface area contributed by atoms with Gasteiger partial charge in [-0.1, -0.05) is 13.8 Å². The fraction of sp³-hybridized carbons (Fsp3) is 0.364. The summed E-state index contributed by atoms with van der Waals surface area (Å²) in [6.07, 6.45) is -3.58. The first-order valence-corrected chi connectivity index (χ1v) is 12.7. The van der Waals surface area contributed by atoms with Crippen LogP contribution in [0.3, 0.4) is 0 Å². The van der Waals surface area contributed by atoms with Crippen molar-refractivity contribution >= 4 is 44.4 Å². The number of alkyl halides is 3. The molecule has 0 unspecified atom stereocenters. The third-order valence-corrected chi connectivity index (χ3v) is 7.24. The number of carbonyl (C=O) groups excluding carboxylic acids is 2. The summed E-state index contributed by atoms with van der Waals surface area (Å²) in [6, 6.07) is 10.3. The maximum absolute atomic E-state index is 13.1. The van der Waals surface area contributed by atoms with Gasteiger partial charge in [0, 0.05) is 27.8 Å². The lowest BCUT2D eigenvalue weighted by atomic mass is 10.1. The standard InChI is InChI=1S/C22H24F3IN2O4S/c1-3-13-27(14-4-2)33(31,32)19-11-7-17(8-12-19)21(30)28(15-22(23,24)25)20(29)16-5-9-18(26)10-6-16/h5-12H,3-4,13-15H2,1-2H3. The number of imide groups is 1. The molecule has 0 fully saturated rings. The molecule has 0 spiro atoms. The predicted octanol–water partition coefficient (Wildman–Crippen LogP) is 4.95. The number of hydrogen-bond acceptors (Lipinski definition) is 4. The molecule has 33 heavy (non-hydrogen) atoms. The van der Waals surface area contributed by atoms with E-state index in [2.05, 4.69) is 0 Å². The maximum Gasteiger partial charge on any atom is 0.406 e. The zero-order valence-corrected chi connectivity index (χ0v) is 21.1. The van der Waals surface area contributed by atoms with Crippen LogP contribution in [0, 0.1) is 3.57 Å². The molecule has 0 saturated heterocycles. The molecule has 6 nitrogen and oxygen atoms in total. The van der Waals surface area contributed by atoms with Crippen LogP contribution in [0.25, 0.3) is 0 Å². The number of halogens is 4. The summed E-state index contributed by atoms with van der Waals surface area (Å²) >= 11 is 1.98. The highest BCUT2D eigenvalue weighted by atomic mass is 127. The van der Waals surface area contributed by atoms with Crippen molar-refractivity contribution in [1.82, 2.24) is 9.21 Å². The van der Waals surface area contributed by atoms with Crippen molar-refractivity contribution in [3.8, 4) is 0 Å². The highest BCUT2D eigenvalue weighted by molar-refractivity contribution is 14.1. The number of rotatable bonds is 9. The molecule has 11 heteroatoms. The number of sulfonamides is 1. The molecule has 0 saturated carbocycles. The fourth-order valence-corrected chi connectivity index (χ4v) is 5.07. The second-order valence-corrected chi connectivity index (χ2v) is 10.4. The Kier molecular flexibility index (Phi) is 9.44. The van der Waals surface area contributed by atoms with Crippen LogP contribution in [0.15, 0.2) is 53.4 Å². The summed E-state index contributed by atoms with van der Waals surface area (Å²) in [4.78, 5) is 25.6. The molecular weight excluding hydrogens is 572 g/mol. The van der Waals surface area contributed by atoms with E-state index in [0.29, 0.717) is 25.9 Å². The highest BCUT2D eigenvalue weighted by Crippen LogP contribution is 2.22. The minimum atomic E-state index is -4.81.